The third kappa shape index (κ3) is 8.11. The first-order valence-electron chi connectivity index (χ1n) is 13.4. The zero-order valence-corrected chi connectivity index (χ0v) is 23.0. The molecule has 2 heterocycles. The van der Waals surface area contributed by atoms with Crippen molar-refractivity contribution in [2.75, 3.05) is 19.8 Å². The second-order valence-electron chi connectivity index (χ2n) is 12.8. The van der Waals surface area contributed by atoms with Crippen LogP contribution >= 0.6 is 0 Å². The Kier molecular flexibility index (Phi) is 9.30. The Labute approximate surface area is 215 Å². The summed E-state index contributed by atoms with van der Waals surface area (Å²) in [5, 5.41) is 11.3. The van der Waals surface area contributed by atoms with E-state index in [1.54, 1.807) is 4.68 Å². The number of imide groups is 1. The highest BCUT2D eigenvalue weighted by Gasteiger charge is 2.45. The van der Waals surface area contributed by atoms with E-state index in [1.807, 2.05) is 27.0 Å². The normalized spacial score (nSPS) is 23.4. The van der Waals surface area contributed by atoms with E-state index in [-0.39, 0.29) is 46.3 Å². The molecule has 1 saturated heterocycles. The molecule has 0 radical (unpaired) electrons. The molecule has 2 fully saturated rings. The molecule has 9 nitrogen and oxygen atoms in total. The molecule has 0 spiro atoms. The Bertz CT molecular complexity index is 906. The molecular weight excluding hydrogens is 458 g/mol. The first kappa shape index (κ1) is 28.3. The van der Waals surface area contributed by atoms with Gasteiger partial charge in [-0.25, -0.2) is 4.68 Å². The zero-order chi connectivity index (χ0) is 26.5. The summed E-state index contributed by atoms with van der Waals surface area (Å²) in [5.41, 5.74) is 0.786. The summed E-state index contributed by atoms with van der Waals surface area (Å²) in [5.74, 6) is -0.0482. The number of nitrogens with one attached hydrogen (secondary N) is 1. The zero-order valence-electron chi connectivity index (χ0n) is 23.0. The van der Waals surface area contributed by atoms with Crippen molar-refractivity contribution >= 4 is 17.7 Å². The smallest absolute Gasteiger partial charge is 0.233 e. The van der Waals surface area contributed by atoms with Crippen LogP contribution in [0.2, 0.25) is 0 Å². The second-order valence-corrected chi connectivity index (χ2v) is 12.8. The number of carbonyl (C=O) groups excluding carboxylic acids is 3. The van der Waals surface area contributed by atoms with Crippen molar-refractivity contribution < 1.29 is 19.1 Å². The van der Waals surface area contributed by atoms with E-state index in [9.17, 15) is 14.4 Å². The number of aromatic nitrogens is 3. The summed E-state index contributed by atoms with van der Waals surface area (Å²) in [6.07, 6.45) is 6.41. The summed E-state index contributed by atoms with van der Waals surface area (Å²) in [6, 6.07) is 0. The molecule has 1 aromatic rings. The lowest BCUT2D eigenvalue weighted by atomic mass is 9.79. The van der Waals surface area contributed by atoms with Crippen LogP contribution in [0.4, 0.5) is 0 Å². The Hall–Kier alpha value is -2.29. The lowest BCUT2D eigenvalue weighted by Gasteiger charge is -2.31. The molecule has 3 rings (SSSR count). The summed E-state index contributed by atoms with van der Waals surface area (Å²) < 4.78 is 7.43. The molecule has 3 amide bonds. The van der Waals surface area contributed by atoms with Crippen molar-refractivity contribution in [2.45, 2.75) is 93.2 Å². The fourth-order valence-corrected chi connectivity index (χ4v) is 4.91. The van der Waals surface area contributed by atoms with Crippen molar-refractivity contribution in [3.63, 3.8) is 0 Å². The van der Waals surface area contributed by atoms with Crippen LogP contribution < -0.4 is 5.32 Å². The fourth-order valence-electron chi connectivity index (χ4n) is 4.91. The largest absolute Gasteiger partial charge is 0.380 e. The number of hydrogen-bond donors (Lipinski definition) is 1. The first-order valence-corrected chi connectivity index (χ1v) is 13.4. The first-order chi connectivity index (χ1) is 16.8. The number of carbonyl (C=O) groups is 3. The quantitative estimate of drug-likeness (QED) is 0.386. The summed E-state index contributed by atoms with van der Waals surface area (Å²) in [6.45, 7) is 15.4. The molecular formula is C27H45N5O4. The Balaban J connectivity index is 1.35. The van der Waals surface area contributed by atoms with Gasteiger partial charge in [-0.1, -0.05) is 46.8 Å². The highest BCUT2D eigenvalue weighted by atomic mass is 16.5. The van der Waals surface area contributed by atoms with Gasteiger partial charge in [0.05, 0.1) is 31.8 Å². The molecule has 1 aromatic heterocycles. The minimum absolute atomic E-state index is 0.0307. The van der Waals surface area contributed by atoms with Gasteiger partial charge in [0.15, 0.2) is 0 Å². The predicted molar refractivity (Wildman–Crippen MR) is 136 cm³/mol. The van der Waals surface area contributed by atoms with Gasteiger partial charge in [-0.3, -0.25) is 19.3 Å². The fraction of sp³-hybridized carbons (Fsp3) is 0.815. The summed E-state index contributed by atoms with van der Waals surface area (Å²) >= 11 is 0. The number of rotatable bonds is 10. The minimum atomic E-state index is -0.230. The second kappa shape index (κ2) is 11.8. The van der Waals surface area contributed by atoms with E-state index < -0.39 is 0 Å². The molecule has 1 aliphatic heterocycles. The number of hydrogen-bond acceptors (Lipinski definition) is 6. The van der Waals surface area contributed by atoms with E-state index >= 15 is 0 Å². The average Bonchev–Trinajstić information content (AvgIpc) is 3.36. The van der Waals surface area contributed by atoms with Crippen molar-refractivity contribution in [2.24, 2.45) is 28.6 Å². The third-order valence-electron chi connectivity index (χ3n) is 7.44. The van der Waals surface area contributed by atoms with E-state index in [2.05, 4.69) is 36.4 Å². The van der Waals surface area contributed by atoms with E-state index in [0.717, 1.165) is 44.4 Å². The maximum atomic E-state index is 12.8. The molecule has 0 aromatic carbocycles. The van der Waals surface area contributed by atoms with Crippen LogP contribution in [-0.4, -0.2) is 57.4 Å². The van der Waals surface area contributed by atoms with Crippen molar-refractivity contribution in [1.82, 2.24) is 25.2 Å². The molecule has 36 heavy (non-hydrogen) atoms. The Morgan fingerprint density at radius 3 is 2.39 bits per heavy atom. The van der Waals surface area contributed by atoms with E-state index in [1.165, 1.54) is 4.90 Å². The third-order valence-corrected chi connectivity index (χ3v) is 7.44. The maximum Gasteiger partial charge on any atom is 0.233 e. The Morgan fingerprint density at radius 1 is 1.08 bits per heavy atom. The molecule has 1 N–H and O–H groups in total. The van der Waals surface area contributed by atoms with E-state index in [4.69, 9.17) is 4.74 Å². The summed E-state index contributed by atoms with van der Waals surface area (Å²) in [4.78, 5) is 39.4. The average molecular weight is 504 g/mol. The van der Waals surface area contributed by atoms with Gasteiger partial charge in [0, 0.05) is 25.5 Å². The molecule has 1 saturated carbocycles. The van der Waals surface area contributed by atoms with Crippen LogP contribution in [0.1, 0.15) is 85.8 Å². The molecule has 202 valence electrons. The lowest BCUT2D eigenvalue weighted by molar-refractivity contribution is -0.141. The van der Waals surface area contributed by atoms with E-state index in [0.29, 0.717) is 32.7 Å². The van der Waals surface area contributed by atoms with Gasteiger partial charge in [0.2, 0.25) is 17.7 Å². The van der Waals surface area contributed by atoms with Crippen LogP contribution in [0.3, 0.4) is 0 Å². The standard InChI is InChI=1S/C27H45N5O4/c1-26(2,3)11-13-36-14-12-31-18-21(29-30-31)16-28-24(34)20-9-7-19(8-10-20)17-32-23(33)15-22(25(32)35)27(4,5)6/h18-20,22H,7-17H2,1-6H3,(H,28,34). The van der Waals surface area contributed by atoms with Crippen molar-refractivity contribution in [1.29, 1.82) is 0 Å². The van der Waals surface area contributed by atoms with Gasteiger partial charge in [0.1, 0.15) is 5.69 Å². The Morgan fingerprint density at radius 2 is 1.78 bits per heavy atom. The number of ether oxygens (including phenoxy) is 1. The van der Waals surface area contributed by atoms with Gasteiger partial charge in [-0.05, 0) is 48.9 Å². The monoisotopic (exact) mass is 503 g/mol. The SMILES string of the molecule is CC(C)(C)CCOCCn1cc(CNC(=O)C2CCC(CN3C(=O)CC(C(C)(C)C)C3=O)CC2)nn1. The molecule has 2 aliphatic rings. The molecule has 1 aliphatic carbocycles. The van der Waals surface area contributed by atoms with Gasteiger partial charge >= 0.3 is 0 Å². The van der Waals surface area contributed by atoms with Crippen molar-refractivity contribution in [3.8, 4) is 0 Å². The van der Waals surface area contributed by atoms with Gasteiger partial charge < -0.3 is 10.1 Å². The molecule has 1 atom stereocenters. The maximum absolute atomic E-state index is 12.8. The minimum Gasteiger partial charge on any atom is -0.380 e. The molecule has 1 unspecified atom stereocenters. The van der Waals surface area contributed by atoms with Crippen LogP contribution in [0, 0.1) is 28.6 Å². The molecule has 0 bridgehead atoms. The van der Waals surface area contributed by atoms with Crippen molar-refractivity contribution in [3.05, 3.63) is 11.9 Å². The number of nitrogens with zero attached hydrogens (tertiary/aromatic N) is 4. The highest BCUT2D eigenvalue weighted by molar-refractivity contribution is 6.03. The van der Waals surface area contributed by atoms with Crippen LogP contribution in [0.5, 0.6) is 0 Å². The van der Waals surface area contributed by atoms with Gasteiger partial charge in [-0.15, -0.1) is 5.10 Å². The van der Waals surface area contributed by atoms with Gasteiger partial charge in [0.25, 0.3) is 0 Å². The van der Waals surface area contributed by atoms with Crippen LogP contribution in [-0.2, 0) is 32.2 Å². The van der Waals surface area contributed by atoms with Crippen LogP contribution in [0.15, 0.2) is 6.20 Å². The number of likely N-dealkylation sites (tertiary alicyclic amines) is 1. The molecule has 9 heteroatoms. The summed E-state index contributed by atoms with van der Waals surface area (Å²) in [7, 11) is 0. The topological polar surface area (TPSA) is 106 Å². The highest BCUT2D eigenvalue weighted by Crippen LogP contribution is 2.37. The van der Waals surface area contributed by atoms with Crippen LogP contribution in [0.25, 0.3) is 0 Å². The lowest BCUT2D eigenvalue weighted by Crippen LogP contribution is -2.39. The predicted octanol–water partition coefficient (Wildman–Crippen LogP) is 3.57. The van der Waals surface area contributed by atoms with Gasteiger partial charge in [-0.2, -0.15) is 0 Å². The number of amides is 3.